The molecule has 1 aliphatic rings. The van der Waals surface area contributed by atoms with E-state index < -0.39 is 0 Å². The van der Waals surface area contributed by atoms with Gasteiger partial charge in [0.05, 0.1) is 13.2 Å². The van der Waals surface area contributed by atoms with Crippen molar-refractivity contribution in [3.05, 3.63) is 34.3 Å². The molecule has 1 aliphatic heterocycles. The molecule has 0 atom stereocenters. The molecule has 1 saturated heterocycles. The summed E-state index contributed by atoms with van der Waals surface area (Å²) in [7, 11) is 3.49. The summed E-state index contributed by atoms with van der Waals surface area (Å²) in [5.74, 6) is 0.829. The van der Waals surface area contributed by atoms with Gasteiger partial charge in [-0.3, -0.25) is 4.99 Å². The van der Waals surface area contributed by atoms with Crippen molar-refractivity contribution >= 4 is 45.9 Å². The van der Waals surface area contributed by atoms with Gasteiger partial charge >= 0.3 is 0 Å². The molecule has 2 N–H and O–H groups in total. The van der Waals surface area contributed by atoms with Gasteiger partial charge in [-0.1, -0.05) is 28.1 Å². The molecule has 1 fully saturated rings. The van der Waals surface area contributed by atoms with Crippen molar-refractivity contribution < 1.29 is 14.2 Å². The van der Waals surface area contributed by atoms with Crippen molar-refractivity contribution in [3.8, 4) is 0 Å². The second kappa shape index (κ2) is 14.5. The summed E-state index contributed by atoms with van der Waals surface area (Å²) in [5, 5.41) is 6.88. The van der Waals surface area contributed by atoms with Crippen molar-refractivity contribution in [2.24, 2.45) is 4.99 Å². The third-order valence-corrected chi connectivity index (χ3v) is 5.44. The second-order valence-electron chi connectivity index (χ2n) is 6.71. The fraction of sp³-hybridized carbons (Fsp3) is 0.650. The molecule has 1 heterocycles. The Morgan fingerprint density at radius 2 is 1.86 bits per heavy atom. The first-order valence-corrected chi connectivity index (χ1v) is 10.3. The monoisotopic (exact) mass is 569 g/mol. The first-order valence-electron chi connectivity index (χ1n) is 9.55. The molecule has 160 valence electrons. The standard InChI is InChI=1S/C20H32BrN3O3.HI/c1-22-19(23-10-3-11-26-15-14-25-2)24-16-20(8-12-27-13-9-20)17-4-6-18(21)7-5-17;/h4-7H,3,8-16H2,1-2H3,(H2,22,23,24);1H. The highest BCUT2D eigenvalue weighted by Crippen LogP contribution is 2.34. The van der Waals surface area contributed by atoms with Crippen LogP contribution in [0.2, 0.25) is 0 Å². The van der Waals surface area contributed by atoms with Gasteiger partial charge in [0.15, 0.2) is 5.96 Å². The fourth-order valence-corrected chi connectivity index (χ4v) is 3.50. The van der Waals surface area contributed by atoms with Crippen molar-refractivity contribution in [3.63, 3.8) is 0 Å². The highest BCUT2D eigenvalue weighted by molar-refractivity contribution is 14.0. The number of methoxy groups -OCH3 is 1. The maximum Gasteiger partial charge on any atom is 0.191 e. The Kier molecular flexibility index (Phi) is 13.3. The summed E-state index contributed by atoms with van der Waals surface area (Å²) < 4.78 is 17.2. The molecular weight excluding hydrogens is 537 g/mol. The van der Waals surface area contributed by atoms with E-state index >= 15 is 0 Å². The Bertz CT molecular complexity index is 566. The molecule has 6 nitrogen and oxygen atoms in total. The lowest BCUT2D eigenvalue weighted by Gasteiger charge is -2.38. The predicted molar refractivity (Wildman–Crippen MR) is 128 cm³/mol. The number of benzene rings is 1. The predicted octanol–water partition coefficient (Wildman–Crippen LogP) is 3.33. The van der Waals surface area contributed by atoms with Crippen LogP contribution in [0.25, 0.3) is 0 Å². The van der Waals surface area contributed by atoms with Gasteiger partial charge in [-0.05, 0) is 37.0 Å². The summed E-state index contributed by atoms with van der Waals surface area (Å²) in [6.07, 6.45) is 2.94. The first kappa shape index (κ1) is 25.6. The first-order chi connectivity index (χ1) is 13.2. The molecule has 0 bridgehead atoms. The third-order valence-electron chi connectivity index (χ3n) is 4.91. The number of nitrogens with zero attached hydrogens (tertiary/aromatic N) is 1. The average Bonchev–Trinajstić information content (AvgIpc) is 2.70. The zero-order valence-electron chi connectivity index (χ0n) is 16.8. The van der Waals surface area contributed by atoms with Crippen LogP contribution in [0.5, 0.6) is 0 Å². The van der Waals surface area contributed by atoms with Gasteiger partial charge in [0.1, 0.15) is 0 Å². The number of guanidine groups is 1. The molecule has 28 heavy (non-hydrogen) atoms. The van der Waals surface area contributed by atoms with Crippen LogP contribution in [-0.4, -0.2) is 66.2 Å². The van der Waals surface area contributed by atoms with E-state index in [0.29, 0.717) is 19.8 Å². The van der Waals surface area contributed by atoms with Gasteiger partial charge in [0.2, 0.25) is 0 Å². The van der Waals surface area contributed by atoms with Crippen LogP contribution in [0.15, 0.2) is 33.7 Å². The minimum Gasteiger partial charge on any atom is -0.382 e. The lowest BCUT2D eigenvalue weighted by Crippen LogP contribution is -2.48. The number of rotatable bonds is 10. The van der Waals surface area contributed by atoms with Crippen LogP contribution >= 0.6 is 39.9 Å². The maximum atomic E-state index is 5.62. The minimum atomic E-state index is 0. The molecular formula is C20H33BrIN3O3. The Hall–Kier alpha value is -0.420. The molecule has 0 aromatic heterocycles. The summed E-state index contributed by atoms with van der Waals surface area (Å²) in [4.78, 5) is 4.35. The van der Waals surface area contributed by atoms with Crippen LogP contribution < -0.4 is 10.6 Å². The Morgan fingerprint density at radius 1 is 1.14 bits per heavy atom. The lowest BCUT2D eigenvalue weighted by molar-refractivity contribution is 0.0513. The smallest absolute Gasteiger partial charge is 0.191 e. The van der Waals surface area contributed by atoms with Crippen molar-refractivity contribution in [1.29, 1.82) is 0 Å². The minimum absolute atomic E-state index is 0. The molecule has 1 aromatic rings. The number of hydrogen-bond acceptors (Lipinski definition) is 4. The van der Waals surface area contributed by atoms with Crippen LogP contribution in [0.3, 0.4) is 0 Å². The van der Waals surface area contributed by atoms with Crippen molar-refractivity contribution in [2.45, 2.75) is 24.7 Å². The molecule has 0 spiro atoms. The summed E-state index contributed by atoms with van der Waals surface area (Å²) >= 11 is 3.53. The number of hydrogen-bond donors (Lipinski definition) is 2. The normalized spacial score (nSPS) is 16.3. The molecule has 2 rings (SSSR count). The molecule has 0 aliphatic carbocycles. The van der Waals surface area contributed by atoms with E-state index in [1.54, 1.807) is 14.2 Å². The Labute approximate surface area is 194 Å². The molecule has 1 aromatic carbocycles. The van der Waals surface area contributed by atoms with Gasteiger partial charge in [-0.25, -0.2) is 0 Å². The van der Waals surface area contributed by atoms with Crippen LogP contribution in [0, 0.1) is 0 Å². The maximum absolute atomic E-state index is 5.62. The fourth-order valence-electron chi connectivity index (χ4n) is 3.23. The molecule has 0 amide bonds. The number of aliphatic imine (C=N–C) groups is 1. The molecule has 8 heteroatoms. The van der Waals surface area contributed by atoms with E-state index in [0.717, 1.165) is 56.0 Å². The largest absolute Gasteiger partial charge is 0.382 e. The van der Waals surface area contributed by atoms with E-state index in [2.05, 4.69) is 55.8 Å². The zero-order chi connectivity index (χ0) is 19.4. The van der Waals surface area contributed by atoms with E-state index in [1.165, 1.54) is 5.56 Å². The van der Waals surface area contributed by atoms with E-state index in [9.17, 15) is 0 Å². The number of nitrogens with one attached hydrogen (secondary N) is 2. The molecule has 0 unspecified atom stereocenters. The Morgan fingerprint density at radius 3 is 2.50 bits per heavy atom. The Balaban J connectivity index is 0.00000392. The average molecular weight is 570 g/mol. The van der Waals surface area contributed by atoms with Gasteiger partial charge < -0.3 is 24.8 Å². The topological polar surface area (TPSA) is 64.1 Å². The highest BCUT2D eigenvalue weighted by Gasteiger charge is 2.34. The SMILES string of the molecule is CN=C(NCCCOCCOC)NCC1(c2ccc(Br)cc2)CCOCC1.I. The number of halogens is 2. The summed E-state index contributed by atoms with van der Waals surface area (Å²) in [5.41, 5.74) is 1.42. The van der Waals surface area contributed by atoms with Crippen LogP contribution in [0.4, 0.5) is 0 Å². The van der Waals surface area contributed by atoms with Gasteiger partial charge in [-0.2, -0.15) is 0 Å². The lowest BCUT2D eigenvalue weighted by atomic mass is 9.74. The third kappa shape index (κ3) is 8.52. The van der Waals surface area contributed by atoms with Gasteiger partial charge in [0.25, 0.3) is 0 Å². The summed E-state index contributed by atoms with van der Waals surface area (Å²) in [6.45, 7) is 5.24. The molecule has 0 radical (unpaired) electrons. The summed E-state index contributed by atoms with van der Waals surface area (Å²) in [6, 6.07) is 8.65. The van der Waals surface area contributed by atoms with Crippen molar-refractivity contribution in [2.75, 3.05) is 60.3 Å². The van der Waals surface area contributed by atoms with E-state index in [4.69, 9.17) is 14.2 Å². The second-order valence-corrected chi connectivity index (χ2v) is 7.63. The van der Waals surface area contributed by atoms with Gasteiger partial charge in [-0.15, -0.1) is 24.0 Å². The van der Waals surface area contributed by atoms with E-state index in [1.807, 2.05) is 0 Å². The number of ether oxygens (including phenoxy) is 3. The van der Waals surface area contributed by atoms with E-state index in [-0.39, 0.29) is 29.4 Å². The van der Waals surface area contributed by atoms with Gasteiger partial charge in [0, 0.05) is 57.0 Å². The van der Waals surface area contributed by atoms with Crippen LogP contribution in [-0.2, 0) is 19.6 Å². The van der Waals surface area contributed by atoms with Crippen LogP contribution in [0.1, 0.15) is 24.8 Å². The quantitative estimate of drug-likeness (QED) is 0.196. The zero-order valence-corrected chi connectivity index (χ0v) is 20.8. The molecule has 0 saturated carbocycles. The van der Waals surface area contributed by atoms with Crippen molar-refractivity contribution in [1.82, 2.24) is 10.6 Å². The highest BCUT2D eigenvalue weighted by atomic mass is 127.